The lowest BCUT2D eigenvalue weighted by molar-refractivity contribution is -0.121. The summed E-state index contributed by atoms with van der Waals surface area (Å²) in [6.45, 7) is 6.43. The van der Waals surface area contributed by atoms with Crippen LogP contribution < -0.4 is 9.62 Å². The first-order chi connectivity index (χ1) is 13.2. The zero-order chi connectivity index (χ0) is 20.7. The van der Waals surface area contributed by atoms with Crippen molar-refractivity contribution in [3.8, 4) is 0 Å². The van der Waals surface area contributed by atoms with Crippen LogP contribution in [-0.4, -0.2) is 27.1 Å². The average molecular weight is 403 g/mol. The highest BCUT2D eigenvalue weighted by molar-refractivity contribution is 7.92. The average Bonchev–Trinajstić information content (AvgIpc) is 2.63. The maximum absolute atomic E-state index is 12.5. The summed E-state index contributed by atoms with van der Waals surface area (Å²) >= 11 is 0. The van der Waals surface area contributed by atoms with Crippen LogP contribution in [0.3, 0.4) is 0 Å². The van der Waals surface area contributed by atoms with Crippen molar-refractivity contribution in [1.82, 2.24) is 5.32 Å². The predicted octanol–water partition coefficient (Wildman–Crippen LogP) is 4.12. The molecule has 0 aliphatic rings. The van der Waals surface area contributed by atoms with Gasteiger partial charge in [0.1, 0.15) is 0 Å². The van der Waals surface area contributed by atoms with Crippen molar-refractivity contribution >= 4 is 21.6 Å². The second kappa shape index (κ2) is 9.73. The fourth-order valence-electron chi connectivity index (χ4n) is 3.35. The minimum atomic E-state index is -3.39. The molecule has 0 spiro atoms. The molecule has 0 saturated heterocycles. The molecule has 0 unspecified atom stereocenters. The molecule has 2 aromatic rings. The number of para-hydroxylation sites is 1. The van der Waals surface area contributed by atoms with Gasteiger partial charge >= 0.3 is 0 Å². The van der Waals surface area contributed by atoms with Gasteiger partial charge in [-0.1, -0.05) is 48.9 Å². The molecule has 0 saturated carbocycles. The second-order valence-electron chi connectivity index (χ2n) is 7.16. The zero-order valence-electron chi connectivity index (χ0n) is 17.1. The molecule has 0 bridgehead atoms. The molecule has 5 nitrogen and oxygen atoms in total. The SMILES string of the molecule is CC[C@H](NC(=O)CCCN(c1ccccc1)S(C)(=O)=O)c1ccc(C)cc1C. The number of rotatable bonds is 9. The van der Waals surface area contributed by atoms with E-state index in [4.69, 9.17) is 0 Å². The van der Waals surface area contributed by atoms with Crippen LogP contribution in [-0.2, 0) is 14.8 Å². The van der Waals surface area contributed by atoms with E-state index < -0.39 is 10.0 Å². The third-order valence-corrected chi connectivity index (χ3v) is 5.95. The minimum absolute atomic E-state index is 0.0340. The standard InChI is InChI=1S/C22H30N2O3S/c1-5-21(20-14-13-17(2)16-18(20)3)23-22(25)12-9-15-24(28(4,26)27)19-10-7-6-8-11-19/h6-8,10-11,13-14,16,21H,5,9,12,15H2,1-4H3,(H,23,25)/t21-/m0/s1. The normalized spacial score (nSPS) is 12.4. The maximum Gasteiger partial charge on any atom is 0.232 e. The second-order valence-corrected chi connectivity index (χ2v) is 9.07. The quantitative estimate of drug-likeness (QED) is 0.686. The summed E-state index contributed by atoms with van der Waals surface area (Å²) in [6, 6.07) is 15.2. The van der Waals surface area contributed by atoms with Gasteiger partial charge in [-0.05, 0) is 49.9 Å². The summed E-state index contributed by atoms with van der Waals surface area (Å²) in [6.07, 6.45) is 2.72. The topological polar surface area (TPSA) is 66.5 Å². The summed E-state index contributed by atoms with van der Waals surface area (Å²) in [5.74, 6) is -0.0617. The van der Waals surface area contributed by atoms with Crippen molar-refractivity contribution in [1.29, 1.82) is 0 Å². The Balaban J connectivity index is 1.97. The molecule has 2 rings (SSSR count). The van der Waals surface area contributed by atoms with E-state index in [2.05, 4.69) is 37.4 Å². The summed E-state index contributed by atoms with van der Waals surface area (Å²) in [5, 5.41) is 3.09. The van der Waals surface area contributed by atoms with E-state index in [1.807, 2.05) is 13.0 Å². The number of carbonyl (C=O) groups is 1. The first-order valence-electron chi connectivity index (χ1n) is 9.61. The fraction of sp³-hybridized carbons (Fsp3) is 0.409. The number of aryl methyl sites for hydroxylation is 2. The monoisotopic (exact) mass is 402 g/mol. The Kier molecular flexibility index (Phi) is 7.63. The molecule has 1 atom stereocenters. The van der Waals surface area contributed by atoms with Crippen LogP contribution in [0.4, 0.5) is 5.69 Å². The summed E-state index contributed by atoms with van der Waals surface area (Å²) in [7, 11) is -3.39. The summed E-state index contributed by atoms with van der Waals surface area (Å²) < 4.78 is 25.6. The Hall–Kier alpha value is -2.34. The lowest BCUT2D eigenvalue weighted by atomic mass is 9.97. The van der Waals surface area contributed by atoms with Gasteiger partial charge in [0.15, 0.2) is 0 Å². The molecule has 28 heavy (non-hydrogen) atoms. The van der Waals surface area contributed by atoms with Crippen LogP contribution in [0.2, 0.25) is 0 Å². The Labute approximate surface area is 168 Å². The van der Waals surface area contributed by atoms with Gasteiger partial charge < -0.3 is 5.32 Å². The number of nitrogens with one attached hydrogen (secondary N) is 1. The van der Waals surface area contributed by atoms with E-state index in [1.54, 1.807) is 24.3 Å². The van der Waals surface area contributed by atoms with Gasteiger partial charge in [-0.3, -0.25) is 9.10 Å². The number of hydrogen-bond donors (Lipinski definition) is 1. The molecule has 0 aliphatic heterocycles. The number of anilines is 1. The van der Waals surface area contributed by atoms with Crippen LogP contribution in [0.25, 0.3) is 0 Å². The van der Waals surface area contributed by atoms with E-state index >= 15 is 0 Å². The molecule has 1 N–H and O–H groups in total. The fourth-order valence-corrected chi connectivity index (χ4v) is 4.31. The van der Waals surface area contributed by atoms with E-state index in [-0.39, 0.29) is 24.9 Å². The first-order valence-corrected chi connectivity index (χ1v) is 11.5. The van der Waals surface area contributed by atoms with Crippen LogP contribution in [0.15, 0.2) is 48.5 Å². The van der Waals surface area contributed by atoms with Gasteiger partial charge in [-0.2, -0.15) is 0 Å². The first kappa shape index (κ1) is 22.0. The van der Waals surface area contributed by atoms with Gasteiger partial charge in [-0.25, -0.2) is 8.42 Å². The third kappa shape index (κ3) is 6.09. The van der Waals surface area contributed by atoms with Crippen molar-refractivity contribution in [3.05, 3.63) is 65.2 Å². The molecule has 0 radical (unpaired) electrons. The third-order valence-electron chi connectivity index (χ3n) is 4.75. The van der Waals surface area contributed by atoms with Gasteiger partial charge in [0.05, 0.1) is 18.0 Å². The van der Waals surface area contributed by atoms with E-state index in [0.717, 1.165) is 12.0 Å². The Morgan fingerprint density at radius 1 is 1.11 bits per heavy atom. The van der Waals surface area contributed by atoms with E-state index in [1.165, 1.54) is 21.7 Å². The Bertz CT molecular complexity index is 895. The summed E-state index contributed by atoms with van der Waals surface area (Å²) in [5.41, 5.74) is 4.11. The molecule has 2 aromatic carbocycles. The number of carbonyl (C=O) groups excluding carboxylic acids is 1. The smallest absolute Gasteiger partial charge is 0.232 e. The van der Waals surface area contributed by atoms with E-state index in [0.29, 0.717) is 12.1 Å². The van der Waals surface area contributed by atoms with E-state index in [9.17, 15) is 13.2 Å². The highest BCUT2D eigenvalue weighted by Crippen LogP contribution is 2.22. The number of amides is 1. The summed E-state index contributed by atoms with van der Waals surface area (Å²) in [4.78, 5) is 12.5. The predicted molar refractivity (Wildman–Crippen MR) is 115 cm³/mol. The molecule has 6 heteroatoms. The van der Waals surface area contributed by atoms with Gasteiger partial charge in [0.25, 0.3) is 0 Å². The lowest BCUT2D eigenvalue weighted by Gasteiger charge is -2.23. The van der Waals surface area contributed by atoms with Gasteiger partial charge in [-0.15, -0.1) is 0 Å². The Morgan fingerprint density at radius 2 is 1.79 bits per heavy atom. The number of sulfonamides is 1. The van der Waals surface area contributed by atoms with Gasteiger partial charge in [0.2, 0.25) is 15.9 Å². The van der Waals surface area contributed by atoms with Crippen LogP contribution in [0.1, 0.15) is 48.9 Å². The van der Waals surface area contributed by atoms with Gasteiger partial charge in [0, 0.05) is 13.0 Å². The Morgan fingerprint density at radius 3 is 2.36 bits per heavy atom. The number of benzene rings is 2. The van der Waals surface area contributed by atoms with Crippen molar-refractivity contribution < 1.29 is 13.2 Å². The largest absolute Gasteiger partial charge is 0.349 e. The lowest BCUT2D eigenvalue weighted by Crippen LogP contribution is -2.33. The highest BCUT2D eigenvalue weighted by atomic mass is 32.2. The van der Waals surface area contributed by atoms with Crippen molar-refractivity contribution in [2.24, 2.45) is 0 Å². The maximum atomic E-state index is 12.5. The minimum Gasteiger partial charge on any atom is -0.349 e. The molecule has 152 valence electrons. The highest BCUT2D eigenvalue weighted by Gasteiger charge is 2.18. The molecule has 0 heterocycles. The molecular formula is C22H30N2O3S. The van der Waals surface area contributed by atoms with Crippen molar-refractivity contribution in [2.75, 3.05) is 17.1 Å². The van der Waals surface area contributed by atoms with Crippen molar-refractivity contribution in [2.45, 2.75) is 46.1 Å². The molecule has 0 fully saturated rings. The van der Waals surface area contributed by atoms with Crippen LogP contribution >= 0.6 is 0 Å². The zero-order valence-corrected chi connectivity index (χ0v) is 17.9. The molecule has 0 aromatic heterocycles. The molecule has 1 amide bonds. The number of nitrogens with zero attached hydrogens (tertiary/aromatic N) is 1. The molecule has 0 aliphatic carbocycles. The molecular weight excluding hydrogens is 372 g/mol. The van der Waals surface area contributed by atoms with Crippen molar-refractivity contribution in [3.63, 3.8) is 0 Å². The number of hydrogen-bond acceptors (Lipinski definition) is 3. The van der Waals surface area contributed by atoms with Crippen LogP contribution in [0.5, 0.6) is 0 Å². The van der Waals surface area contributed by atoms with Crippen LogP contribution in [0, 0.1) is 13.8 Å².